The largest absolute Gasteiger partial charge is 0.310 e. The van der Waals surface area contributed by atoms with Gasteiger partial charge in [-0.1, -0.05) is 182 Å². The Morgan fingerprint density at radius 3 is 1.58 bits per heavy atom. The molecule has 11 aromatic rings. The molecule has 282 valence electrons. The first kappa shape index (κ1) is 35.2. The molecular weight excluding hydrogens is 725 g/mol. The van der Waals surface area contributed by atoms with Crippen LogP contribution < -0.4 is 4.90 Å². The van der Waals surface area contributed by atoms with E-state index >= 15 is 0 Å². The molecule has 0 saturated carbocycles. The number of rotatable bonds is 8. The smallest absolute Gasteiger partial charge is 0.0547 e. The summed E-state index contributed by atoms with van der Waals surface area (Å²) in [6.07, 6.45) is 0. The number of hydrogen-bond donors (Lipinski definition) is 0. The van der Waals surface area contributed by atoms with Crippen molar-refractivity contribution in [2.45, 2.75) is 0 Å². The number of para-hydroxylation sites is 2. The number of anilines is 3. The van der Waals surface area contributed by atoms with Gasteiger partial charge in [0.15, 0.2) is 0 Å². The summed E-state index contributed by atoms with van der Waals surface area (Å²) in [5, 5.41) is 5.00. The van der Waals surface area contributed by atoms with Crippen molar-refractivity contribution < 1.29 is 0 Å². The maximum atomic E-state index is 2.39. The van der Waals surface area contributed by atoms with Gasteiger partial charge in [0, 0.05) is 33.5 Å². The summed E-state index contributed by atoms with van der Waals surface area (Å²) < 4.78 is 2.39. The van der Waals surface area contributed by atoms with Gasteiger partial charge < -0.3 is 9.47 Å². The van der Waals surface area contributed by atoms with Crippen LogP contribution in [0.15, 0.2) is 243 Å². The fourth-order valence-corrected chi connectivity index (χ4v) is 9.03. The minimum absolute atomic E-state index is 1.09. The van der Waals surface area contributed by atoms with Crippen LogP contribution in [-0.4, -0.2) is 4.57 Å². The summed E-state index contributed by atoms with van der Waals surface area (Å²) >= 11 is 0. The maximum Gasteiger partial charge on any atom is 0.0547 e. The van der Waals surface area contributed by atoms with Gasteiger partial charge >= 0.3 is 0 Å². The Morgan fingerprint density at radius 1 is 0.283 bits per heavy atom. The first-order valence-electron chi connectivity index (χ1n) is 20.6. The molecular formula is C58H40N2. The number of hydrogen-bond acceptors (Lipinski definition) is 1. The molecule has 0 spiro atoms. The van der Waals surface area contributed by atoms with Crippen molar-refractivity contribution in [2.24, 2.45) is 0 Å². The lowest BCUT2D eigenvalue weighted by molar-refractivity contribution is 1.18. The number of aromatic nitrogens is 1. The molecule has 2 nitrogen and oxygen atoms in total. The van der Waals surface area contributed by atoms with Crippen molar-refractivity contribution in [3.63, 3.8) is 0 Å². The summed E-state index contributed by atoms with van der Waals surface area (Å²) in [4.78, 5) is 2.38. The minimum atomic E-state index is 1.09. The molecule has 60 heavy (non-hydrogen) atoms. The van der Waals surface area contributed by atoms with Crippen LogP contribution in [0.2, 0.25) is 0 Å². The summed E-state index contributed by atoms with van der Waals surface area (Å²) in [7, 11) is 0. The zero-order valence-electron chi connectivity index (χ0n) is 33.0. The summed E-state index contributed by atoms with van der Waals surface area (Å²) in [6, 6.07) is 87.8. The molecule has 0 atom stereocenters. The Labute approximate surface area is 350 Å². The molecule has 0 N–H and O–H groups in total. The van der Waals surface area contributed by atoms with Crippen molar-refractivity contribution in [1.82, 2.24) is 4.57 Å². The molecule has 0 amide bonds. The first-order valence-corrected chi connectivity index (χ1v) is 20.6. The Morgan fingerprint density at radius 2 is 0.800 bits per heavy atom. The highest BCUT2D eigenvalue weighted by molar-refractivity contribution is 6.16. The Bertz CT molecular complexity index is 3280. The molecule has 2 heteroatoms. The van der Waals surface area contributed by atoms with Gasteiger partial charge in [-0.15, -0.1) is 0 Å². The SMILES string of the molecule is c1ccc(-c2ccc(N(c3ccc(-c4cccc5ccccc45)cc3)c3cccc(-c4ccccc4-c4cccc5c4c4ccccc4n5-c4ccccc4)c3)cc2)cc1. The second-order valence-corrected chi connectivity index (χ2v) is 15.3. The molecule has 0 aliphatic heterocycles. The molecule has 0 fully saturated rings. The third-order valence-electron chi connectivity index (χ3n) is 11.8. The Balaban J connectivity index is 1.05. The van der Waals surface area contributed by atoms with Crippen LogP contribution >= 0.6 is 0 Å². The van der Waals surface area contributed by atoms with Crippen molar-refractivity contribution in [2.75, 3.05) is 4.90 Å². The van der Waals surface area contributed by atoms with Gasteiger partial charge in [-0.2, -0.15) is 0 Å². The zero-order chi connectivity index (χ0) is 39.8. The highest BCUT2D eigenvalue weighted by Gasteiger charge is 2.19. The van der Waals surface area contributed by atoms with E-state index < -0.39 is 0 Å². The normalized spacial score (nSPS) is 11.3. The van der Waals surface area contributed by atoms with Crippen molar-refractivity contribution in [3.8, 4) is 50.2 Å². The van der Waals surface area contributed by atoms with E-state index in [4.69, 9.17) is 0 Å². The minimum Gasteiger partial charge on any atom is -0.310 e. The average Bonchev–Trinajstić information content (AvgIpc) is 3.67. The second kappa shape index (κ2) is 15.1. The van der Waals surface area contributed by atoms with Crippen LogP contribution in [0.5, 0.6) is 0 Å². The van der Waals surface area contributed by atoms with Gasteiger partial charge in [0.2, 0.25) is 0 Å². The third kappa shape index (κ3) is 6.23. The van der Waals surface area contributed by atoms with E-state index in [9.17, 15) is 0 Å². The number of nitrogens with zero attached hydrogens (tertiary/aromatic N) is 2. The monoisotopic (exact) mass is 764 g/mol. The lowest BCUT2D eigenvalue weighted by atomic mass is 9.91. The zero-order valence-corrected chi connectivity index (χ0v) is 33.0. The molecule has 11 rings (SSSR count). The summed E-state index contributed by atoms with van der Waals surface area (Å²) in [6.45, 7) is 0. The Kier molecular flexibility index (Phi) is 8.87. The standard InChI is InChI=1S/C58H40N2/c1-3-16-41(17-4-1)42-32-36-47(37-33-42)59(48-38-34-44(35-39-48)51-28-14-19-43-18-7-8-24-50(43)51)49-23-13-20-45(40-49)52-25-9-10-26-53(52)54-29-15-31-57-58(54)55-27-11-12-30-56(55)60(57)46-21-5-2-6-22-46/h1-40H. The number of benzene rings is 10. The molecule has 0 saturated heterocycles. The topological polar surface area (TPSA) is 8.17 Å². The molecule has 1 aromatic heterocycles. The molecule has 0 bridgehead atoms. The van der Waals surface area contributed by atoms with Crippen LogP contribution in [0.1, 0.15) is 0 Å². The van der Waals surface area contributed by atoms with Crippen LogP contribution in [-0.2, 0) is 0 Å². The van der Waals surface area contributed by atoms with Gasteiger partial charge in [0.25, 0.3) is 0 Å². The van der Waals surface area contributed by atoms with Gasteiger partial charge in [0.1, 0.15) is 0 Å². The van der Waals surface area contributed by atoms with Crippen molar-refractivity contribution in [1.29, 1.82) is 0 Å². The quantitative estimate of drug-likeness (QED) is 0.150. The Hall–Kier alpha value is -7.94. The molecule has 0 radical (unpaired) electrons. The van der Waals surface area contributed by atoms with E-state index in [1.807, 2.05) is 0 Å². The third-order valence-corrected chi connectivity index (χ3v) is 11.8. The van der Waals surface area contributed by atoms with Gasteiger partial charge in [-0.3, -0.25) is 0 Å². The average molecular weight is 765 g/mol. The molecule has 10 aromatic carbocycles. The van der Waals surface area contributed by atoms with Crippen LogP contribution in [0, 0.1) is 0 Å². The predicted molar refractivity (Wildman–Crippen MR) is 255 cm³/mol. The molecule has 1 heterocycles. The highest BCUT2D eigenvalue weighted by Crippen LogP contribution is 2.44. The summed E-state index contributed by atoms with van der Waals surface area (Å²) in [5.74, 6) is 0. The number of fused-ring (bicyclic) bond motifs is 4. The molecule has 0 unspecified atom stereocenters. The fraction of sp³-hybridized carbons (Fsp3) is 0. The fourth-order valence-electron chi connectivity index (χ4n) is 9.03. The van der Waals surface area contributed by atoms with Crippen LogP contribution in [0.4, 0.5) is 17.1 Å². The van der Waals surface area contributed by atoms with Gasteiger partial charge in [-0.05, 0) is 116 Å². The molecule has 0 aliphatic rings. The van der Waals surface area contributed by atoms with E-state index in [1.54, 1.807) is 0 Å². The highest BCUT2D eigenvalue weighted by atomic mass is 15.1. The molecule has 0 aliphatic carbocycles. The van der Waals surface area contributed by atoms with Crippen LogP contribution in [0.25, 0.3) is 82.8 Å². The lowest BCUT2D eigenvalue weighted by Crippen LogP contribution is -2.10. The van der Waals surface area contributed by atoms with E-state index in [-0.39, 0.29) is 0 Å². The lowest BCUT2D eigenvalue weighted by Gasteiger charge is -2.27. The first-order chi connectivity index (χ1) is 29.8. The maximum absolute atomic E-state index is 2.39. The van der Waals surface area contributed by atoms with Gasteiger partial charge in [-0.25, -0.2) is 0 Å². The van der Waals surface area contributed by atoms with E-state index in [1.165, 1.54) is 71.5 Å². The van der Waals surface area contributed by atoms with E-state index in [0.29, 0.717) is 0 Å². The summed E-state index contributed by atoms with van der Waals surface area (Å²) in [5.41, 5.74) is 16.4. The van der Waals surface area contributed by atoms with Crippen LogP contribution in [0.3, 0.4) is 0 Å². The van der Waals surface area contributed by atoms with Crippen molar-refractivity contribution in [3.05, 3.63) is 243 Å². The van der Waals surface area contributed by atoms with E-state index in [0.717, 1.165) is 28.3 Å². The van der Waals surface area contributed by atoms with Gasteiger partial charge in [0.05, 0.1) is 11.0 Å². The predicted octanol–water partition coefficient (Wildman–Crippen LogP) is 16.1. The van der Waals surface area contributed by atoms with Crippen molar-refractivity contribution >= 4 is 49.6 Å². The second-order valence-electron chi connectivity index (χ2n) is 15.3. The van der Waals surface area contributed by atoms with E-state index in [2.05, 4.69) is 252 Å².